The van der Waals surface area contributed by atoms with Crippen LogP contribution in [-0.4, -0.2) is 21.0 Å². The van der Waals surface area contributed by atoms with Crippen molar-refractivity contribution in [3.63, 3.8) is 0 Å². The van der Waals surface area contributed by atoms with E-state index in [0.29, 0.717) is 0 Å². The van der Waals surface area contributed by atoms with Crippen molar-refractivity contribution in [3.05, 3.63) is 25.3 Å². The number of hydrogen-bond acceptors (Lipinski definition) is 2. The van der Waals surface area contributed by atoms with Gasteiger partial charge in [0.1, 0.15) is 5.82 Å². The van der Waals surface area contributed by atoms with Crippen molar-refractivity contribution in [3.8, 4) is 0 Å². The molecule has 2 heterocycles. The van der Waals surface area contributed by atoms with Crippen LogP contribution in [0.3, 0.4) is 0 Å². The topological polar surface area (TPSA) is 21.1 Å². The molecular weight excluding hydrogens is 126 g/mol. The van der Waals surface area contributed by atoms with Crippen LogP contribution >= 0.6 is 0 Å². The van der Waals surface area contributed by atoms with E-state index in [2.05, 4.69) is 16.6 Å². The van der Waals surface area contributed by atoms with Crippen LogP contribution < -0.4 is 0 Å². The lowest BCUT2D eigenvalue weighted by Crippen LogP contribution is -2.28. The lowest BCUT2D eigenvalue weighted by Gasteiger charge is -2.29. The molecule has 0 aliphatic carbocycles. The molecule has 0 radical (unpaired) electrons. The Labute approximate surface area is 60.3 Å². The SMILES string of the molecule is [CH2-]N1CCn2ccnc2C1. The second kappa shape index (κ2) is 2.09. The molecule has 54 valence electrons. The fourth-order valence-electron chi connectivity index (χ4n) is 1.22. The maximum atomic E-state index is 4.19. The van der Waals surface area contributed by atoms with Crippen LogP contribution in [0.4, 0.5) is 0 Å². The van der Waals surface area contributed by atoms with E-state index >= 15 is 0 Å². The maximum absolute atomic E-state index is 4.19. The van der Waals surface area contributed by atoms with Gasteiger partial charge in [-0.1, -0.05) is 0 Å². The third-order valence-corrected chi connectivity index (χ3v) is 1.82. The molecular formula is C7H10N3-. The molecule has 0 amide bonds. The summed E-state index contributed by atoms with van der Waals surface area (Å²) in [7, 11) is 3.86. The van der Waals surface area contributed by atoms with Crippen molar-refractivity contribution in [2.24, 2.45) is 0 Å². The molecule has 3 heteroatoms. The van der Waals surface area contributed by atoms with Crippen molar-refractivity contribution in [2.45, 2.75) is 13.1 Å². The molecule has 1 aliphatic heterocycles. The molecule has 0 bridgehead atoms. The van der Waals surface area contributed by atoms with Gasteiger partial charge in [0.05, 0.1) is 0 Å². The zero-order chi connectivity index (χ0) is 6.97. The minimum Gasteiger partial charge on any atom is -0.452 e. The Bertz CT molecular complexity index is 229. The van der Waals surface area contributed by atoms with Crippen LogP contribution in [-0.2, 0) is 13.1 Å². The van der Waals surface area contributed by atoms with Crippen LogP contribution in [0.15, 0.2) is 12.4 Å². The van der Waals surface area contributed by atoms with Gasteiger partial charge in [0.2, 0.25) is 0 Å². The van der Waals surface area contributed by atoms with E-state index < -0.39 is 0 Å². The minimum atomic E-state index is 0.882. The standard InChI is InChI=1S/C7H10N3/c1-9-4-5-10-3-2-8-7(10)6-9/h2-3H,1,4-6H2/q-1. The van der Waals surface area contributed by atoms with Gasteiger partial charge < -0.3 is 9.47 Å². The first-order valence-corrected chi connectivity index (χ1v) is 3.42. The molecule has 0 saturated heterocycles. The second-order valence-corrected chi connectivity index (χ2v) is 2.59. The lowest BCUT2D eigenvalue weighted by molar-refractivity contribution is 0.292. The van der Waals surface area contributed by atoms with E-state index in [9.17, 15) is 0 Å². The van der Waals surface area contributed by atoms with Crippen LogP contribution in [0.5, 0.6) is 0 Å². The van der Waals surface area contributed by atoms with E-state index in [4.69, 9.17) is 0 Å². The van der Waals surface area contributed by atoms with Gasteiger partial charge in [-0.3, -0.25) is 7.05 Å². The summed E-state index contributed by atoms with van der Waals surface area (Å²) in [6.07, 6.45) is 3.86. The predicted molar refractivity (Wildman–Crippen MR) is 38.0 cm³/mol. The molecule has 0 saturated carbocycles. The summed E-state index contributed by atoms with van der Waals surface area (Å²) >= 11 is 0. The fraction of sp³-hybridized carbons (Fsp3) is 0.429. The molecule has 1 aromatic rings. The van der Waals surface area contributed by atoms with Gasteiger partial charge in [-0.2, -0.15) is 0 Å². The fourth-order valence-corrected chi connectivity index (χ4v) is 1.22. The molecule has 0 atom stereocenters. The molecule has 1 aromatic heterocycles. The predicted octanol–water partition coefficient (Wildman–Crippen LogP) is 0.490. The van der Waals surface area contributed by atoms with E-state index in [-0.39, 0.29) is 0 Å². The number of rotatable bonds is 0. The van der Waals surface area contributed by atoms with Crippen LogP contribution in [0.2, 0.25) is 0 Å². The largest absolute Gasteiger partial charge is 0.452 e. The summed E-state index contributed by atoms with van der Waals surface area (Å²) in [4.78, 5) is 6.22. The number of nitrogens with zero attached hydrogens (tertiary/aromatic N) is 3. The first kappa shape index (κ1) is 5.92. The Kier molecular flexibility index (Phi) is 1.24. The summed E-state index contributed by atoms with van der Waals surface area (Å²) in [5.41, 5.74) is 0. The van der Waals surface area contributed by atoms with Gasteiger partial charge >= 0.3 is 0 Å². The first-order chi connectivity index (χ1) is 4.86. The first-order valence-electron chi connectivity index (χ1n) is 3.42. The smallest absolute Gasteiger partial charge is 0.120 e. The Morgan fingerprint density at radius 2 is 2.40 bits per heavy atom. The zero-order valence-electron chi connectivity index (χ0n) is 5.82. The zero-order valence-corrected chi connectivity index (χ0v) is 5.82. The second-order valence-electron chi connectivity index (χ2n) is 2.59. The van der Waals surface area contributed by atoms with Crippen LogP contribution in [0.25, 0.3) is 0 Å². The normalized spacial score (nSPS) is 18.9. The average Bonchev–Trinajstić information content (AvgIpc) is 2.33. The third-order valence-electron chi connectivity index (χ3n) is 1.82. The highest BCUT2D eigenvalue weighted by Crippen LogP contribution is 2.07. The highest BCUT2D eigenvalue weighted by atomic mass is 15.2. The monoisotopic (exact) mass is 136 g/mol. The molecule has 0 unspecified atom stereocenters. The highest BCUT2D eigenvalue weighted by molar-refractivity contribution is 4.95. The Morgan fingerprint density at radius 1 is 1.50 bits per heavy atom. The van der Waals surface area contributed by atoms with E-state index in [1.165, 1.54) is 0 Å². The Morgan fingerprint density at radius 3 is 3.30 bits per heavy atom. The Balaban J connectivity index is 2.30. The number of hydrogen-bond donors (Lipinski definition) is 0. The molecule has 0 spiro atoms. The lowest BCUT2D eigenvalue weighted by atomic mass is 10.4. The average molecular weight is 136 g/mol. The van der Waals surface area contributed by atoms with E-state index in [1.807, 2.05) is 17.3 Å². The quantitative estimate of drug-likeness (QED) is 0.484. The van der Waals surface area contributed by atoms with Gasteiger partial charge in [0, 0.05) is 25.5 Å². The summed E-state index contributed by atoms with van der Waals surface area (Å²) in [5, 5.41) is 0. The summed E-state index contributed by atoms with van der Waals surface area (Å²) in [6, 6.07) is 0. The van der Waals surface area contributed by atoms with Crippen molar-refractivity contribution in [1.82, 2.24) is 14.5 Å². The molecule has 1 aliphatic rings. The third kappa shape index (κ3) is 0.827. The van der Waals surface area contributed by atoms with E-state index in [0.717, 1.165) is 25.5 Å². The van der Waals surface area contributed by atoms with Crippen molar-refractivity contribution in [1.29, 1.82) is 0 Å². The number of imidazole rings is 1. The minimum absolute atomic E-state index is 0.882. The van der Waals surface area contributed by atoms with Gasteiger partial charge in [-0.25, -0.2) is 4.98 Å². The molecule has 3 nitrogen and oxygen atoms in total. The Hall–Kier alpha value is -0.830. The van der Waals surface area contributed by atoms with Crippen molar-refractivity contribution < 1.29 is 0 Å². The van der Waals surface area contributed by atoms with Crippen LogP contribution in [0, 0.1) is 7.05 Å². The maximum Gasteiger partial charge on any atom is 0.120 e. The summed E-state index contributed by atoms with van der Waals surface area (Å²) in [6.45, 7) is 2.94. The van der Waals surface area contributed by atoms with Gasteiger partial charge in [-0.05, 0) is 6.54 Å². The highest BCUT2D eigenvalue weighted by Gasteiger charge is 2.07. The molecule has 0 N–H and O–H groups in total. The molecule has 2 rings (SSSR count). The van der Waals surface area contributed by atoms with Crippen LogP contribution in [0.1, 0.15) is 5.82 Å². The number of aromatic nitrogens is 2. The van der Waals surface area contributed by atoms with Gasteiger partial charge in [0.15, 0.2) is 0 Å². The summed E-state index contributed by atoms with van der Waals surface area (Å²) < 4.78 is 2.17. The number of fused-ring (bicyclic) bond motifs is 1. The van der Waals surface area contributed by atoms with E-state index in [1.54, 1.807) is 0 Å². The van der Waals surface area contributed by atoms with Crippen molar-refractivity contribution >= 4 is 0 Å². The van der Waals surface area contributed by atoms with Gasteiger partial charge in [0.25, 0.3) is 0 Å². The van der Waals surface area contributed by atoms with Crippen molar-refractivity contribution in [2.75, 3.05) is 6.54 Å². The summed E-state index contributed by atoms with van der Waals surface area (Å²) in [5.74, 6) is 1.13. The molecule has 0 fully saturated rings. The molecule has 10 heavy (non-hydrogen) atoms. The molecule has 0 aromatic carbocycles. The van der Waals surface area contributed by atoms with Gasteiger partial charge in [-0.15, -0.1) is 0 Å².